The number of anilines is 2. The molecule has 0 aromatic heterocycles. The first-order valence-electron chi connectivity index (χ1n) is 5.93. The molecule has 0 saturated carbocycles. The molecule has 1 aromatic rings. The molecule has 7 heteroatoms. The summed E-state index contributed by atoms with van der Waals surface area (Å²) in [4.78, 5) is 0. The zero-order chi connectivity index (χ0) is 14.5. The molecular formula is C12H19ClN2O3S. The highest BCUT2D eigenvalue weighted by molar-refractivity contribution is 7.92. The van der Waals surface area contributed by atoms with Crippen molar-refractivity contribution in [2.24, 2.45) is 0 Å². The van der Waals surface area contributed by atoms with Gasteiger partial charge in [-0.05, 0) is 32.0 Å². The van der Waals surface area contributed by atoms with Gasteiger partial charge in [-0.25, -0.2) is 8.42 Å². The van der Waals surface area contributed by atoms with E-state index in [4.69, 9.17) is 16.3 Å². The predicted molar refractivity (Wildman–Crippen MR) is 79.5 cm³/mol. The normalized spacial score (nSPS) is 13.1. The van der Waals surface area contributed by atoms with E-state index < -0.39 is 10.0 Å². The Balaban J connectivity index is 2.71. The number of sulfonamides is 1. The van der Waals surface area contributed by atoms with E-state index in [-0.39, 0.29) is 6.04 Å². The monoisotopic (exact) mass is 306 g/mol. The minimum absolute atomic E-state index is 0.143. The molecule has 0 aliphatic rings. The van der Waals surface area contributed by atoms with Crippen molar-refractivity contribution in [3.05, 3.63) is 23.2 Å². The maximum atomic E-state index is 11.1. The largest absolute Gasteiger partial charge is 0.380 e. The zero-order valence-electron chi connectivity index (χ0n) is 11.2. The molecule has 1 aromatic carbocycles. The molecule has 0 heterocycles. The van der Waals surface area contributed by atoms with Crippen LogP contribution in [-0.2, 0) is 14.8 Å². The maximum absolute atomic E-state index is 11.1. The third kappa shape index (κ3) is 6.13. The average molecular weight is 307 g/mol. The molecule has 0 spiro atoms. The summed E-state index contributed by atoms with van der Waals surface area (Å²) in [5.41, 5.74) is 1.18. The highest BCUT2D eigenvalue weighted by atomic mass is 35.5. The minimum atomic E-state index is -3.32. The third-order valence-corrected chi connectivity index (χ3v) is 3.15. The molecule has 0 aliphatic heterocycles. The number of hydrogen-bond donors (Lipinski definition) is 2. The van der Waals surface area contributed by atoms with Crippen LogP contribution < -0.4 is 10.0 Å². The van der Waals surface area contributed by atoms with Crippen LogP contribution in [0.4, 0.5) is 11.4 Å². The molecule has 1 atom stereocenters. The first-order valence-corrected chi connectivity index (χ1v) is 8.20. The zero-order valence-corrected chi connectivity index (χ0v) is 12.8. The van der Waals surface area contributed by atoms with Gasteiger partial charge in [0.1, 0.15) is 0 Å². The summed E-state index contributed by atoms with van der Waals surface area (Å²) in [6.45, 7) is 5.20. The number of nitrogens with one attached hydrogen (secondary N) is 2. The molecule has 5 nitrogen and oxygen atoms in total. The summed E-state index contributed by atoms with van der Waals surface area (Å²) in [5.74, 6) is 0. The molecular weight excluding hydrogens is 288 g/mol. The van der Waals surface area contributed by atoms with Crippen LogP contribution in [0.15, 0.2) is 18.2 Å². The maximum Gasteiger partial charge on any atom is 0.229 e. The van der Waals surface area contributed by atoms with Crippen LogP contribution in [0.2, 0.25) is 5.02 Å². The summed E-state index contributed by atoms with van der Waals surface area (Å²) in [7, 11) is -3.32. The van der Waals surface area contributed by atoms with Crippen molar-refractivity contribution in [3.8, 4) is 0 Å². The van der Waals surface area contributed by atoms with Crippen molar-refractivity contribution in [2.45, 2.75) is 19.9 Å². The Morgan fingerprint density at radius 1 is 1.42 bits per heavy atom. The van der Waals surface area contributed by atoms with Crippen molar-refractivity contribution in [2.75, 3.05) is 29.5 Å². The smallest absolute Gasteiger partial charge is 0.229 e. The quantitative estimate of drug-likeness (QED) is 0.812. The summed E-state index contributed by atoms with van der Waals surface area (Å²) >= 11 is 6.03. The predicted octanol–water partition coefficient (Wildman–Crippen LogP) is 2.55. The van der Waals surface area contributed by atoms with E-state index in [2.05, 4.69) is 10.0 Å². The van der Waals surface area contributed by atoms with Crippen LogP contribution in [0, 0.1) is 0 Å². The third-order valence-electron chi connectivity index (χ3n) is 2.25. The van der Waals surface area contributed by atoms with Gasteiger partial charge in [0.15, 0.2) is 0 Å². The fraction of sp³-hybridized carbons (Fsp3) is 0.500. The Morgan fingerprint density at radius 2 is 2.11 bits per heavy atom. The molecule has 0 radical (unpaired) electrons. The second kappa shape index (κ2) is 6.98. The number of benzene rings is 1. The van der Waals surface area contributed by atoms with Gasteiger partial charge in [-0.3, -0.25) is 4.72 Å². The van der Waals surface area contributed by atoms with E-state index in [1.807, 2.05) is 13.8 Å². The van der Waals surface area contributed by atoms with Crippen molar-refractivity contribution >= 4 is 33.0 Å². The number of rotatable bonds is 7. The van der Waals surface area contributed by atoms with Gasteiger partial charge in [0, 0.05) is 18.3 Å². The SMILES string of the molecule is CCOCC(C)Nc1ccc(NS(C)(=O)=O)c(Cl)c1. The number of halogens is 1. The Kier molecular flexibility index (Phi) is 5.90. The summed E-state index contributed by atoms with van der Waals surface area (Å²) in [5, 5.41) is 3.57. The molecule has 2 N–H and O–H groups in total. The van der Waals surface area contributed by atoms with E-state index in [9.17, 15) is 8.42 Å². The van der Waals surface area contributed by atoms with E-state index in [1.165, 1.54) is 0 Å². The lowest BCUT2D eigenvalue weighted by Crippen LogP contribution is -2.21. The van der Waals surface area contributed by atoms with Crippen LogP contribution in [0.5, 0.6) is 0 Å². The van der Waals surface area contributed by atoms with Gasteiger partial charge < -0.3 is 10.1 Å². The standard InChI is InChI=1S/C12H19ClN2O3S/c1-4-18-8-9(2)14-10-5-6-12(11(13)7-10)15-19(3,16)17/h5-7,9,14-15H,4,8H2,1-3H3. The lowest BCUT2D eigenvalue weighted by atomic mass is 10.2. The van der Waals surface area contributed by atoms with Crippen molar-refractivity contribution in [3.63, 3.8) is 0 Å². The van der Waals surface area contributed by atoms with E-state index >= 15 is 0 Å². The van der Waals surface area contributed by atoms with Gasteiger partial charge in [0.2, 0.25) is 10.0 Å². The van der Waals surface area contributed by atoms with Crippen LogP contribution in [-0.4, -0.2) is 33.9 Å². The van der Waals surface area contributed by atoms with Gasteiger partial charge in [0.25, 0.3) is 0 Å². The van der Waals surface area contributed by atoms with Gasteiger partial charge >= 0.3 is 0 Å². The Morgan fingerprint density at radius 3 is 2.63 bits per heavy atom. The highest BCUT2D eigenvalue weighted by Crippen LogP contribution is 2.26. The lowest BCUT2D eigenvalue weighted by molar-refractivity contribution is 0.141. The second-order valence-electron chi connectivity index (χ2n) is 4.27. The molecule has 0 aliphatic carbocycles. The Hall–Kier alpha value is -0.980. The summed E-state index contributed by atoms with van der Waals surface area (Å²) in [6.07, 6.45) is 1.08. The molecule has 0 fully saturated rings. The summed E-state index contributed by atoms with van der Waals surface area (Å²) < 4.78 is 29.9. The van der Waals surface area contributed by atoms with Crippen LogP contribution in [0.1, 0.15) is 13.8 Å². The van der Waals surface area contributed by atoms with Crippen LogP contribution in [0.3, 0.4) is 0 Å². The summed E-state index contributed by atoms with van der Waals surface area (Å²) in [6, 6.07) is 5.21. The molecule has 1 rings (SSSR count). The minimum Gasteiger partial charge on any atom is -0.380 e. The van der Waals surface area contributed by atoms with Crippen molar-refractivity contribution < 1.29 is 13.2 Å². The van der Waals surface area contributed by atoms with Gasteiger partial charge in [-0.1, -0.05) is 11.6 Å². The van der Waals surface area contributed by atoms with Gasteiger partial charge in [0.05, 0.1) is 23.6 Å². The molecule has 0 bridgehead atoms. The molecule has 1 unspecified atom stereocenters. The Bertz CT molecular complexity index is 520. The number of hydrogen-bond acceptors (Lipinski definition) is 4. The topological polar surface area (TPSA) is 67.4 Å². The molecule has 19 heavy (non-hydrogen) atoms. The van der Waals surface area contributed by atoms with Gasteiger partial charge in [-0.2, -0.15) is 0 Å². The second-order valence-corrected chi connectivity index (χ2v) is 6.43. The average Bonchev–Trinajstić information content (AvgIpc) is 2.28. The highest BCUT2D eigenvalue weighted by Gasteiger charge is 2.08. The van der Waals surface area contributed by atoms with Crippen molar-refractivity contribution in [1.82, 2.24) is 0 Å². The van der Waals surface area contributed by atoms with Crippen molar-refractivity contribution in [1.29, 1.82) is 0 Å². The first kappa shape index (κ1) is 16.1. The van der Waals surface area contributed by atoms with E-state index in [0.717, 1.165) is 11.9 Å². The number of ether oxygens (including phenoxy) is 1. The van der Waals surface area contributed by atoms with Gasteiger partial charge in [-0.15, -0.1) is 0 Å². The van der Waals surface area contributed by atoms with Crippen LogP contribution in [0.25, 0.3) is 0 Å². The fourth-order valence-corrected chi connectivity index (χ4v) is 2.37. The fourth-order valence-electron chi connectivity index (χ4n) is 1.51. The first-order chi connectivity index (χ1) is 8.81. The molecule has 0 amide bonds. The van der Waals surface area contributed by atoms with Crippen LogP contribution >= 0.6 is 11.6 Å². The Labute approximate surface area is 119 Å². The lowest BCUT2D eigenvalue weighted by Gasteiger charge is -2.16. The van der Waals surface area contributed by atoms with E-state index in [0.29, 0.717) is 23.9 Å². The van der Waals surface area contributed by atoms with E-state index in [1.54, 1.807) is 18.2 Å². The molecule has 108 valence electrons. The molecule has 0 saturated heterocycles.